The molecule has 0 saturated carbocycles. The lowest BCUT2D eigenvalue weighted by Gasteiger charge is -2.11. The summed E-state index contributed by atoms with van der Waals surface area (Å²) >= 11 is 0. The van der Waals surface area contributed by atoms with Crippen molar-refractivity contribution < 1.29 is 9.90 Å². The van der Waals surface area contributed by atoms with Crippen LogP contribution in [-0.2, 0) is 4.79 Å². The Kier molecular flexibility index (Phi) is 2.80. The van der Waals surface area contributed by atoms with Gasteiger partial charge in [-0.25, -0.2) is 0 Å². The number of benzene rings is 1. The molecule has 0 spiro atoms. The second-order valence-corrected chi connectivity index (χ2v) is 4.62. The van der Waals surface area contributed by atoms with Crippen molar-refractivity contribution in [3.05, 3.63) is 40.8 Å². The number of aromatic amines is 2. The van der Waals surface area contributed by atoms with Crippen LogP contribution >= 0.6 is 0 Å². The first-order valence-corrected chi connectivity index (χ1v) is 6.18. The smallest absolute Gasteiger partial charge is 0.253 e. The summed E-state index contributed by atoms with van der Waals surface area (Å²) in [5.74, 6) is -0.615. The maximum atomic E-state index is 12.1. The van der Waals surface area contributed by atoms with E-state index in [2.05, 4.69) is 15.3 Å². The maximum absolute atomic E-state index is 12.1. The monoisotopic (exact) mass is 271 g/mol. The molecule has 0 aliphatic carbocycles. The molecule has 4 N–H and O–H groups in total. The van der Waals surface area contributed by atoms with Gasteiger partial charge in [0.15, 0.2) is 0 Å². The molecule has 0 saturated heterocycles. The first-order valence-electron chi connectivity index (χ1n) is 6.18. The van der Waals surface area contributed by atoms with Crippen molar-refractivity contribution in [3.63, 3.8) is 0 Å². The van der Waals surface area contributed by atoms with Crippen molar-refractivity contribution in [2.75, 3.05) is 5.32 Å². The predicted molar refractivity (Wildman–Crippen MR) is 76.7 cm³/mol. The molecule has 0 fully saturated rings. The van der Waals surface area contributed by atoms with E-state index in [0.29, 0.717) is 5.52 Å². The van der Waals surface area contributed by atoms with Gasteiger partial charge in [-0.3, -0.25) is 9.59 Å². The number of nitrogens with one attached hydrogen (secondary N) is 3. The van der Waals surface area contributed by atoms with Gasteiger partial charge in [0.25, 0.3) is 5.91 Å². The molecule has 6 nitrogen and oxygen atoms in total. The number of anilines is 1. The number of carbonyl (C=O) groups is 1. The average Bonchev–Trinajstić information content (AvgIpc) is 2.43. The van der Waals surface area contributed by atoms with E-state index in [4.69, 9.17) is 0 Å². The molecule has 0 radical (unpaired) electrons. The molecule has 102 valence electrons. The van der Waals surface area contributed by atoms with Crippen molar-refractivity contribution in [2.45, 2.75) is 13.0 Å². The molecule has 1 amide bonds. The van der Waals surface area contributed by atoms with Crippen molar-refractivity contribution in [1.82, 2.24) is 9.97 Å². The fourth-order valence-electron chi connectivity index (χ4n) is 2.23. The number of H-pyrrole nitrogens is 2. The van der Waals surface area contributed by atoms with E-state index < -0.39 is 12.0 Å². The average molecular weight is 271 g/mol. The number of pyridine rings is 2. The van der Waals surface area contributed by atoms with Gasteiger partial charge < -0.3 is 20.4 Å². The van der Waals surface area contributed by atoms with Crippen LogP contribution in [0, 0.1) is 0 Å². The van der Waals surface area contributed by atoms with Crippen molar-refractivity contribution in [3.8, 4) is 0 Å². The molecule has 3 aromatic rings. The minimum atomic E-state index is -1.18. The SMILES string of the molecule is C[C@H](O)C(=O)Nc1c(=O)cc2cc[nH]c3cc[nH]c1c23. The molecular weight excluding hydrogens is 258 g/mol. The molecule has 2 aromatic heterocycles. The molecule has 0 unspecified atom stereocenters. The first-order chi connectivity index (χ1) is 9.58. The lowest BCUT2D eigenvalue weighted by molar-refractivity contribution is -0.123. The van der Waals surface area contributed by atoms with Gasteiger partial charge in [0.1, 0.15) is 11.8 Å². The van der Waals surface area contributed by atoms with E-state index in [-0.39, 0.29) is 11.1 Å². The third-order valence-corrected chi connectivity index (χ3v) is 3.20. The Bertz CT molecular complexity index is 856. The highest BCUT2D eigenvalue weighted by Crippen LogP contribution is 2.26. The molecule has 0 aliphatic heterocycles. The molecule has 0 aliphatic rings. The summed E-state index contributed by atoms with van der Waals surface area (Å²) in [5.41, 5.74) is 1.23. The lowest BCUT2D eigenvalue weighted by Crippen LogP contribution is -2.27. The highest BCUT2D eigenvalue weighted by atomic mass is 16.3. The second-order valence-electron chi connectivity index (χ2n) is 4.62. The fraction of sp³-hybridized carbons (Fsp3) is 0.143. The van der Waals surface area contributed by atoms with Crippen LogP contribution in [0.15, 0.2) is 35.4 Å². The minimum Gasteiger partial charge on any atom is -0.384 e. The summed E-state index contributed by atoms with van der Waals surface area (Å²) in [6.45, 7) is 1.35. The molecule has 20 heavy (non-hydrogen) atoms. The van der Waals surface area contributed by atoms with Gasteiger partial charge >= 0.3 is 0 Å². The highest BCUT2D eigenvalue weighted by molar-refractivity contribution is 6.13. The summed E-state index contributed by atoms with van der Waals surface area (Å²) < 4.78 is 0. The molecular formula is C14H13N3O3. The number of aliphatic hydroxyl groups is 1. The minimum absolute atomic E-state index is 0.147. The van der Waals surface area contributed by atoms with E-state index in [9.17, 15) is 14.7 Å². The third-order valence-electron chi connectivity index (χ3n) is 3.20. The maximum Gasteiger partial charge on any atom is 0.253 e. The van der Waals surface area contributed by atoms with Gasteiger partial charge in [-0.1, -0.05) is 0 Å². The van der Waals surface area contributed by atoms with Crippen molar-refractivity contribution in [1.29, 1.82) is 0 Å². The Balaban J connectivity index is 2.32. The number of rotatable bonds is 2. The molecule has 1 aromatic carbocycles. The number of carbonyl (C=O) groups excluding carboxylic acids is 1. The Morgan fingerprint density at radius 1 is 1.30 bits per heavy atom. The summed E-state index contributed by atoms with van der Waals surface area (Å²) in [7, 11) is 0. The van der Waals surface area contributed by atoms with Crippen LogP contribution in [0.3, 0.4) is 0 Å². The van der Waals surface area contributed by atoms with E-state index in [0.717, 1.165) is 16.3 Å². The number of amides is 1. The normalized spacial score (nSPS) is 12.7. The molecule has 1 atom stereocenters. The topological polar surface area (TPSA) is 98.0 Å². The summed E-state index contributed by atoms with van der Waals surface area (Å²) in [6, 6.07) is 5.11. The van der Waals surface area contributed by atoms with Crippen LogP contribution in [0.1, 0.15) is 6.92 Å². The first kappa shape index (κ1) is 12.4. The number of aromatic nitrogens is 2. The molecule has 3 rings (SSSR count). The standard InChI is InChI=1S/C14H13N3O3/c1-7(18)14(20)17-12-10(19)6-8-2-4-15-9-3-5-16-13(12)11(8)9/h2-7,15-16,18H,1H3,(H,17,20)/t7-/m0/s1. The zero-order chi connectivity index (χ0) is 14.3. The van der Waals surface area contributed by atoms with Crippen LogP contribution in [-0.4, -0.2) is 27.1 Å². The van der Waals surface area contributed by atoms with Gasteiger partial charge in [-0.05, 0) is 30.5 Å². The predicted octanol–water partition coefficient (Wildman–Crippen LogP) is 1.33. The Morgan fingerprint density at radius 3 is 2.80 bits per heavy atom. The third kappa shape index (κ3) is 1.86. The van der Waals surface area contributed by atoms with E-state index in [1.54, 1.807) is 18.5 Å². The quantitative estimate of drug-likeness (QED) is 0.566. The summed E-state index contributed by atoms with van der Waals surface area (Å²) in [5, 5.41) is 13.3. The number of hydrogen-bond acceptors (Lipinski definition) is 3. The largest absolute Gasteiger partial charge is 0.384 e. The second kappa shape index (κ2) is 4.50. The molecule has 6 heteroatoms. The van der Waals surface area contributed by atoms with Crippen LogP contribution in [0.25, 0.3) is 21.8 Å². The highest BCUT2D eigenvalue weighted by Gasteiger charge is 2.15. The Morgan fingerprint density at radius 2 is 2.05 bits per heavy atom. The van der Waals surface area contributed by atoms with Crippen molar-refractivity contribution in [2.24, 2.45) is 0 Å². The summed E-state index contributed by atoms with van der Waals surface area (Å²) in [6.07, 6.45) is 2.26. The van der Waals surface area contributed by atoms with E-state index in [1.807, 2.05) is 6.07 Å². The van der Waals surface area contributed by atoms with Crippen LogP contribution < -0.4 is 10.7 Å². The lowest BCUT2D eigenvalue weighted by atomic mass is 10.1. The zero-order valence-corrected chi connectivity index (χ0v) is 10.7. The van der Waals surface area contributed by atoms with Crippen LogP contribution in [0.5, 0.6) is 0 Å². The van der Waals surface area contributed by atoms with Crippen LogP contribution in [0.2, 0.25) is 0 Å². The number of aliphatic hydroxyl groups excluding tert-OH is 1. The van der Waals surface area contributed by atoms with E-state index in [1.165, 1.54) is 13.0 Å². The Hall–Kier alpha value is -2.60. The summed E-state index contributed by atoms with van der Waals surface area (Å²) in [4.78, 5) is 29.8. The van der Waals surface area contributed by atoms with Gasteiger partial charge in [0.05, 0.1) is 5.52 Å². The molecule has 0 bridgehead atoms. The zero-order valence-electron chi connectivity index (χ0n) is 10.7. The fourth-order valence-corrected chi connectivity index (χ4v) is 2.23. The van der Waals surface area contributed by atoms with Gasteiger partial charge in [0.2, 0.25) is 5.43 Å². The van der Waals surface area contributed by atoms with Crippen LogP contribution in [0.4, 0.5) is 5.69 Å². The molecule has 2 heterocycles. The van der Waals surface area contributed by atoms with Gasteiger partial charge in [0, 0.05) is 23.3 Å². The van der Waals surface area contributed by atoms with E-state index >= 15 is 0 Å². The van der Waals surface area contributed by atoms with Gasteiger partial charge in [-0.2, -0.15) is 0 Å². The van der Waals surface area contributed by atoms with Gasteiger partial charge in [-0.15, -0.1) is 0 Å². The van der Waals surface area contributed by atoms with Crippen molar-refractivity contribution >= 4 is 33.4 Å². The number of hydrogen-bond donors (Lipinski definition) is 4. The Labute approximate surface area is 113 Å².